The average molecular weight is 424 g/mol. The molecule has 0 unspecified atom stereocenters. The number of hydrogen-bond acceptors (Lipinski definition) is 5. The first-order chi connectivity index (χ1) is 15.6. The Morgan fingerprint density at radius 1 is 0.844 bits per heavy atom. The highest BCUT2D eigenvalue weighted by Crippen LogP contribution is 2.48. The van der Waals surface area contributed by atoms with Crippen LogP contribution in [-0.4, -0.2) is 27.0 Å². The molecule has 6 heteroatoms. The van der Waals surface area contributed by atoms with Gasteiger partial charge in [-0.2, -0.15) is 0 Å². The number of nitrogens with zero attached hydrogens (tertiary/aromatic N) is 2. The normalized spacial score (nSPS) is 19.8. The molecule has 1 aliphatic carbocycles. The summed E-state index contributed by atoms with van der Waals surface area (Å²) in [6, 6.07) is 20.8. The number of rotatable bonds is 5. The van der Waals surface area contributed by atoms with E-state index in [0.717, 1.165) is 27.5 Å². The van der Waals surface area contributed by atoms with Crippen LogP contribution in [0.1, 0.15) is 17.9 Å². The van der Waals surface area contributed by atoms with Gasteiger partial charge in [0, 0.05) is 23.9 Å². The number of hydrogen-bond donors (Lipinski definition) is 1. The van der Waals surface area contributed by atoms with Crippen molar-refractivity contribution in [1.29, 1.82) is 0 Å². The summed E-state index contributed by atoms with van der Waals surface area (Å²) >= 11 is 0. The molecule has 0 amide bonds. The summed E-state index contributed by atoms with van der Waals surface area (Å²) in [6.45, 7) is 0. The second-order valence-corrected chi connectivity index (χ2v) is 8.00. The second-order valence-electron chi connectivity index (χ2n) is 8.00. The highest BCUT2D eigenvalue weighted by molar-refractivity contribution is 5.89. The summed E-state index contributed by atoms with van der Waals surface area (Å²) in [5.74, 6) is -2.26. The van der Waals surface area contributed by atoms with Crippen LogP contribution in [0.3, 0.4) is 0 Å². The molecule has 1 saturated carbocycles. The van der Waals surface area contributed by atoms with Gasteiger partial charge in [-0.1, -0.05) is 48.5 Å². The molecular formula is C26H20N2O4. The predicted octanol–water partition coefficient (Wildman–Crippen LogP) is 4.71. The van der Waals surface area contributed by atoms with E-state index in [1.165, 1.54) is 6.33 Å². The summed E-state index contributed by atoms with van der Waals surface area (Å²) in [4.78, 5) is 32.6. The molecule has 6 nitrogen and oxygen atoms in total. The zero-order valence-electron chi connectivity index (χ0n) is 17.1. The van der Waals surface area contributed by atoms with Crippen LogP contribution in [0.2, 0.25) is 0 Å². The van der Waals surface area contributed by atoms with Crippen molar-refractivity contribution in [3.05, 3.63) is 91.0 Å². The van der Waals surface area contributed by atoms with Gasteiger partial charge in [-0.15, -0.1) is 0 Å². The standard InChI is InChI=1S/C26H20N2O4/c29-25(30)22-12-23(24(22)16-4-2-1-3-5-16)26(31)32-21-9-8-17-10-18(6-7-19(17)11-21)20-13-27-15-28-14-20/h1-11,13-15,22-24H,12H2,(H,29,30)/t22-,23+,24-/m0/s1. The van der Waals surface area contributed by atoms with Gasteiger partial charge in [0.05, 0.1) is 11.8 Å². The minimum atomic E-state index is -0.881. The van der Waals surface area contributed by atoms with E-state index in [2.05, 4.69) is 9.97 Å². The number of esters is 1. The van der Waals surface area contributed by atoms with E-state index in [0.29, 0.717) is 5.75 Å². The fraction of sp³-hybridized carbons (Fsp3) is 0.154. The van der Waals surface area contributed by atoms with E-state index in [1.807, 2.05) is 60.7 Å². The zero-order chi connectivity index (χ0) is 22.1. The number of ether oxygens (including phenoxy) is 1. The van der Waals surface area contributed by atoms with Crippen molar-refractivity contribution in [3.8, 4) is 16.9 Å². The van der Waals surface area contributed by atoms with Gasteiger partial charge in [-0.3, -0.25) is 9.59 Å². The summed E-state index contributed by atoms with van der Waals surface area (Å²) in [5, 5.41) is 11.5. The number of benzene rings is 3. The van der Waals surface area contributed by atoms with Crippen LogP contribution in [0.5, 0.6) is 5.75 Å². The summed E-state index contributed by atoms with van der Waals surface area (Å²) < 4.78 is 5.67. The van der Waals surface area contributed by atoms with E-state index in [1.54, 1.807) is 18.5 Å². The number of carbonyl (C=O) groups is 2. The van der Waals surface area contributed by atoms with Gasteiger partial charge in [0.1, 0.15) is 12.1 Å². The van der Waals surface area contributed by atoms with Gasteiger partial charge >= 0.3 is 11.9 Å². The summed E-state index contributed by atoms with van der Waals surface area (Å²) in [7, 11) is 0. The first-order valence-electron chi connectivity index (χ1n) is 10.4. The molecule has 0 saturated heterocycles. The maximum absolute atomic E-state index is 12.9. The third-order valence-corrected chi connectivity index (χ3v) is 6.10. The number of aliphatic carboxylic acids is 1. The van der Waals surface area contributed by atoms with Crippen molar-refractivity contribution >= 4 is 22.7 Å². The van der Waals surface area contributed by atoms with Crippen molar-refractivity contribution < 1.29 is 19.4 Å². The van der Waals surface area contributed by atoms with E-state index >= 15 is 0 Å². The summed E-state index contributed by atoms with van der Waals surface area (Å²) in [5.41, 5.74) is 2.78. The molecule has 158 valence electrons. The first kappa shape index (κ1) is 19.9. The maximum Gasteiger partial charge on any atom is 0.315 e. The van der Waals surface area contributed by atoms with E-state index in [9.17, 15) is 14.7 Å². The third-order valence-electron chi connectivity index (χ3n) is 6.10. The van der Waals surface area contributed by atoms with Gasteiger partial charge in [0.25, 0.3) is 0 Å². The highest BCUT2D eigenvalue weighted by Gasteiger charge is 2.50. The Morgan fingerprint density at radius 3 is 2.31 bits per heavy atom. The lowest BCUT2D eigenvalue weighted by molar-refractivity contribution is -0.155. The number of aromatic nitrogens is 2. The number of carboxylic acid groups (broad SMARTS) is 1. The van der Waals surface area contributed by atoms with Gasteiger partial charge in [-0.05, 0) is 46.5 Å². The molecule has 5 rings (SSSR count). The molecule has 0 aliphatic heterocycles. The Kier molecular flexibility index (Phi) is 5.11. The number of fused-ring (bicyclic) bond motifs is 1. The van der Waals surface area contributed by atoms with E-state index in [4.69, 9.17) is 4.74 Å². The molecule has 1 aliphatic rings. The molecule has 4 aromatic rings. The molecule has 3 atom stereocenters. The van der Waals surface area contributed by atoms with Crippen LogP contribution in [0, 0.1) is 11.8 Å². The van der Waals surface area contributed by atoms with Crippen molar-refractivity contribution in [2.45, 2.75) is 12.3 Å². The molecule has 1 N–H and O–H groups in total. The molecular weight excluding hydrogens is 404 g/mol. The minimum absolute atomic E-state index is 0.282. The quantitative estimate of drug-likeness (QED) is 0.369. The lowest BCUT2D eigenvalue weighted by Gasteiger charge is -2.40. The van der Waals surface area contributed by atoms with Crippen LogP contribution in [-0.2, 0) is 9.59 Å². The van der Waals surface area contributed by atoms with Gasteiger partial charge in [-0.25, -0.2) is 9.97 Å². The second kappa shape index (κ2) is 8.23. The monoisotopic (exact) mass is 424 g/mol. The molecule has 1 fully saturated rings. The van der Waals surface area contributed by atoms with Crippen LogP contribution >= 0.6 is 0 Å². The van der Waals surface area contributed by atoms with Crippen molar-refractivity contribution in [1.82, 2.24) is 9.97 Å². The average Bonchev–Trinajstić information content (AvgIpc) is 2.79. The fourth-order valence-electron chi connectivity index (χ4n) is 4.40. The number of carboxylic acids is 1. The molecule has 0 spiro atoms. The predicted molar refractivity (Wildman–Crippen MR) is 119 cm³/mol. The van der Waals surface area contributed by atoms with Crippen LogP contribution in [0.15, 0.2) is 85.5 Å². The third kappa shape index (κ3) is 3.71. The zero-order valence-corrected chi connectivity index (χ0v) is 17.1. The smallest absolute Gasteiger partial charge is 0.315 e. The Hall–Kier alpha value is -4.06. The lowest BCUT2D eigenvalue weighted by Crippen LogP contribution is -2.45. The minimum Gasteiger partial charge on any atom is -0.481 e. The van der Waals surface area contributed by atoms with Gasteiger partial charge in [0.2, 0.25) is 0 Å². The Labute approximate surface area is 184 Å². The fourth-order valence-corrected chi connectivity index (χ4v) is 4.40. The van der Waals surface area contributed by atoms with Crippen LogP contribution in [0.4, 0.5) is 0 Å². The Morgan fingerprint density at radius 2 is 1.56 bits per heavy atom. The molecule has 32 heavy (non-hydrogen) atoms. The molecule has 1 aromatic heterocycles. The van der Waals surface area contributed by atoms with E-state index in [-0.39, 0.29) is 12.3 Å². The maximum atomic E-state index is 12.9. The molecule has 0 radical (unpaired) electrons. The molecule has 1 heterocycles. The van der Waals surface area contributed by atoms with E-state index < -0.39 is 23.8 Å². The molecule has 3 aromatic carbocycles. The number of carbonyl (C=O) groups excluding carboxylic acids is 1. The van der Waals surface area contributed by atoms with Gasteiger partial charge < -0.3 is 9.84 Å². The SMILES string of the molecule is O=C(O)[C@H]1C[C@@H](C(=O)Oc2ccc3cc(-c4cncnc4)ccc3c2)[C@H]1c1ccccc1. The molecule has 0 bridgehead atoms. The summed E-state index contributed by atoms with van der Waals surface area (Å²) in [6.07, 6.45) is 5.30. The Bertz CT molecular complexity index is 1290. The first-order valence-corrected chi connectivity index (χ1v) is 10.4. The van der Waals surface area contributed by atoms with Crippen LogP contribution in [0.25, 0.3) is 21.9 Å². The highest BCUT2D eigenvalue weighted by atomic mass is 16.5. The van der Waals surface area contributed by atoms with Crippen molar-refractivity contribution in [2.75, 3.05) is 0 Å². The Balaban J connectivity index is 1.36. The van der Waals surface area contributed by atoms with Crippen molar-refractivity contribution in [2.24, 2.45) is 11.8 Å². The van der Waals surface area contributed by atoms with Crippen LogP contribution < -0.4 is 4.74 Å². The lowest BCUT2D eigenvalue weighted by atomic mass is 9.62. The largest absolute Gasteiger partial charge is 0.481 e. The van der Waals surface area contributed by atoms with Crippen molar-refractivity contribution in [3.63, 3.8) is 0 Å². The van der Waals surface area contributed by atoms with Gasteiger partial charge in [0.15, 0.2) is 0 Å². The topological polar surface area (TPSA) is 89.4 Å².